The largest absolute Gasteiger partial charge is 0.492 e. The number of fused-ring (bicyclic) bond motifs is 1. The zero-order valence-corrected chi connectivity index (χ0v) is 11.8. The number of rotatable bonds is 3. The molecule has 0 unspecified atom stereocenters. The molecule has 7 nitrogen and oxygen atoms in total. The molecule has 3 aromatic rings. The molecule has 0 saturated carbocycles. The number of furan rings is 1. The summed E-state index contributed by atoms with van der Waals surface area (Å²) in [6.45, 7) is 1.85. The van der Waals surface area contributed by atoms with Crippen molar-refractivity contribution in [2.75, 3.05) is 0 Å². The second-order valence-corrected chi connectivity index (χ2v) is 5.21. The van der Waals surface area contributed by atoms with Crippen LogP contribution >= 0.6 is 11.3 Å². The fraction of sp³-hybridized carbons (Fsp3) is 0.154. The minimum Gasteiger partial charge on any atom is -0.492 e. The molecule has 3 heterocycles. The van der Waals surface area contributed by atoms with Gasteiger partial charge in [0.05, 0.1) is 12.8 Å². The van der Waals surface area contributed by atoms with Crippen molar-refractivity contribution in [1.29, 1.82) is 0 Å². The monoisotopic (exact) mass is 305 g/mol. The Bertz CT molecular complexity index is 864. The van der Waals surface area contributed by atoms with Crippen LogP contribution in [0.4, 0.5) is 0 Å². The van der Waals surface area contributed by atoms with E-state index < -0.39 is 17.3 Å². The third-order valence-corrected chi connectivity index (χ3v) is 3.89. The number of carbonyl (C=O) groups excluding carboxylic acids is 1. The summed E-state index contributed by atoms with van der Waals surface area (Å²) in [4.78, 5) is 28.6. The highest BCUT2D eigenvalue weighted by Crippen LogP contribution is 2.17. The quantitative estimate of drug-likeness (QED) is 0.760. The molecule has 0 aromatic carbocycles. The molecule has 1 amide bonds. The average Bonchev–Trinajstić information content (AvgIpc) is 3.06. The highest BCUT2D eigenvalue weighted by Gasteiger charge is 2.21. The third-order valence-electron chi connectivity index (χ3n) is 2.95. The molecule has 0 radical (unpaired) electrons. The van der Waals surface area contributed by atoms with Crippen molar-refractivity contribution < 1.29 is 14.3 Å². The first-order chi connectivity index (χ1) is 10.1. The molecule has 3 aromatic heterocycles. The average molecular weight is 305 g/mol. The maximum absolute atomic E-state index is 12.3. The number of nitrogens with zero attached hydrogens (tertiary/aromatic N) is 2. The fourth-order valence-corrected chi connectivity index (χ4v) is 2.79. The number of aromatic nitrogens is 2. The van der Waals surface area contributed by atoms with E-state index in [4.69, 9.17) is 4.42 Å². The van der Waals surface area contributed by atoms with Crippen molar-refractivity contribution in [2.45, 2.75) is 13.5 Å². The molecule has 0 aliphatic carbocycles. The fourth-order valence-electron chi connectivity index (χ4n) is 1.94. The van der Waals surface area contributed by atoms with Crippen LogP contribution in [-0.4, -0.2) is 20.4 Å². The van der Waals surface area contributed by atoms with Gasteiger partial charge >= 0.3 is 0 Å². The van der Waals surface area contributed by atoms with Crippen LogP contribution in [0.25, 0.3) is 4.96 Å². The molecule has 2 N–H and O–H groups in total. The number of carbonyl (C=O) groups is 1. The van der Waals surface area contributed by atoms with E-state index in [9.17, 15) is 14.7 Å². The van der Waals surface area contributed by atoms with Crippen molar-refractivity contribution in [3.8, 4) is 5.88 Å². The Morgan fingerprint density at radius 3 is 3.10 bits per heavy atom. The molecular formula is C13H11N3O4S. The van der Waals surface area contributed by atoms with Crippen molar-refractivity contribution in [1.82, 2.24) is 14.7 Å². The van der Waals surface area contributed by atoms with E-state index in [-0.39, 0.29) is 12.1 Å². The molecule has 8 heteroatoms. The summed E-state index contributed by atoms with van der Waals surface area (Å²) in [7, 11) is 0. The number of aryl methyl sites for hydroxylation is 1. The van der Waals surface area contributed by atoms with E-state index in [1.165, 1.54) is 22.0 Å². The Balaban J connectivity index is 1.97. The van der Waals surface area contributed by atoms with Crippen LogP contribution in [0, 0.1) is 6.92 Å². The van der Waals surface area contributed by atoms with Gasteiger partial charge in [0.1, 0.15) is 5.76 Å². The number of aromatic hydroxyl groups is 1. The minimum absolute atomic E-state index is 0.121. The molecule has 0 fully saturated rings. The standard InChI is InChI=1S/C13H11N3O4S/c1-7-6-21-13-15-11(18)9(12(19)16(7)13)10(17)14-5-8-3-2-4-20-8/h2-4,6,18H,5H2,1H3,(H,14,17). The summed E-state index contributed by atoms with van der Waals surface area (Å²) in [5.41, 5.74) is -0.304. The van der Waals surface area contributed by atoms with E-state index in [1.54, 1.807) is 24.4 Å². The van der Waals surface area contributed by atoms with Crippen LogP contribution in [-0.2, 0) is 6.54 Å². The lowest BCUT2D eigenvalue weighted by Gasteiger charge is -2.05. The molecule has 0 spiro atoms. The maximum Gasteiger partial charge on any atom is 0.275 e. The first kappa shape index (κ1) is 13.4. The van der Waals surface area contributed by atoms with Crippen LogP contribution in [0.2, 0.25) is 0 Å². The second kappa shape index (κ2) is 5.06. The molecular weight excluding hydrogens is 294 g/mol. The first-order valence-corrected chi connectivity index (χ1v) is 6.96. The predicted molar refractivity (Wildman–Crippen MR) is 75.6 cm³/mol. The zero-order valence-electron chi connectivity index (χ0n) is 11.0. The lowest BCUT2D eigenvalue weighted by Crippen LogP contribution is -2.31. The topological polar surface area (TPSA) is 96.8 Å². The summed E-state index contributed by atoms with van der Waals surface area (Å²) < 4.78 is 6.38. The number of thiazole rings is 1. The SMILES string of the molecule is Cc1csc2nc(O)c(C(=O)NCc3ccco3)c(=O)n12. The van der Waals surface area contributed by atoms with Gasteiger partial charge in [0, 0.05) is 11.1 Å². The zero-order chi connectivity index (χ0) is 15.0. The molecule has 0 atom stereocenters. The highest BCUT2D eigenvalue weighted by atomic mass is 32.1. The van der Waals surface area contributed by atoms with Gasteiger partial charge in [-0.25, -0.2) is 0 Å². The van der Waals surface area contributed by atoms with E-state index in [0.717, 1.165) is 0 Å². The van der Waals surface area contributed by atoms with Gasteiger partial charge in [0.25, 0.3) is 11.5 Å². The minimum atomic E-state index is -0.693. The third kappa shape index (κ3) is 2.29. The molecule has 21 heavy (non-hydrogen) atoms. The molecule has 0 bridgehead atoms. The smallest absolute Gasteiger partial charge is 0.275 e. The van der Waals surface area contributed by atoms with E-state index in [0.29, 0.717) is 16.4 Å². The van der Waals surface area contributed by atoms with Gasteiger partial charge in [-0.1, -0.05) is 0 Å². The molecule has 3 rings (SSSR count). The van der Waals surface area contributed by atoms with Crippen molar-refractivity contribution in [3.63, 3.8) is 0 Å². The summed E-state index contributed by atoms with van der Waals surface area (Å²) in [5, 5.41) is 14.1. The number of hydrogen-bond acceptors (Lipinski definition) is 6. The van der Waals surface area contributed by atoms with Gasteiger partial charge in [-0.2, -0.15) is 4.98 Å². The highest BCUT2D eigenvalue weighted by molar-refractivity contribution is 7.15. The van der Waals surface area contributed by atoms with Gasteiger partial charge in [-0.3, -0.25) is 14.0 Å². The Labute approximate surface area is 122 Å². The number of amides is 1. The van der Waals surface area contributed by atoms with E-state index in [2.05, 4.69) is 10.3 Å². The Hall–Kier alpha value is -2.61. The first-order valence-electron chi connectivity index (χ1n) is 6.08. The van der Waals surface area contributed by atoms with Crippen LogP contribution in [0.3, 0.4) is 0 Å². The van der Waals surface area contributed by atoms with E-state index >= 15 is 0 Å². The predicted octanol–water partition coefficient (Wildman–Crippen LogP) is 1.29. The van der Waals surface area contributed by atoms with Gasteiger partial charge < -0.3 is 14.8 Å². The lowest BCUT2D eigenvalue weighted by atomic mass is 10.3. The van der Waals surface area contributed by atoms with Crippen LogP contribution in [0.1, 0.15) is 21.8 Å². The van der Waals surface area contributed by atoms with Crippen molar-refractivity contribution >= 4 is 22.2 Å². The van der Waals surface area contributed by atoms with Crippen molar-refractivity contribution in [3.05, 3.63) is 51.1 Å². The van der Waals surface area contributed by atoms with Crippen LogP contribution in [0.15, 0.2) is 33.0 Å². The normalized spacial score (nSPS) is 10.9. The Morgan fingerprint density at radius 1 is 1.57 bits per heavy atom. The van der Waals surface area contributed by atoms with Crippen LogP contribution < -0.4 is 10.9 Å². The molecule has 0 aliphatic rings. The molecule has 108 valence electrons. The number of hydrogen-bond donors (Lipinski definition) is 2. The maximum atomic E-state index is 12.3. The van der Waals surface area contributed by atoms with Gasteiger partial charge in [0.15, 0.2) is 10.5 Å². The van der Waals surface area contributed by atoms with Crippen molar-refractivity contribution in [2.24, 2.45) is 0 Å². The van der Waals surface area contributed by atoms with Crippen LogP contribution in [0.5, 0.6) is 5.88 Å². The van der Waals surface area contributed by atoms with E-state index in [1.807, 2.05) is 0 Å². The Morgan fingerprint density at radius 2 is 2.38 bits per heavy atom. The Kier molecular flexibility index (Phi) is 3.22. The molecule has 0 saturated heterocycles. The second-order valence-electron chi connectivity index (χ2n) is 4.37. The molecule has 0 aliphatic heterocycles. The summed E-state index contributed by atoms with van der Waals surface area (Å²) >= 11 is 1.22. The summed E-state index contributed by atoms with van der Waals surface area (Å²) in [6.07, 6.45) is 1.48. The summed E-state index contributed by atoms with van der Waals surface area (Å²) in [5.74, 6) is -0.719. The number of nitrogens with one attached hydrogen (secondary N) is 1. The summed E-state index contributed by atoms with van der Waals surface area (Å²) in [6, 6.07) is 3.38. The lowest BCUT2D eigenvalue weighted by molar-refractivity contribution is 0.0943. The van der Waals surface area contributed by atoms with Gasteiger partial charge in [0.2, 0.25) is 5.88 Å². The van der Waals surface area contributed by atoms with Gasteiger partial charge in [-0.05, 0) is 19.1 Å². The van der Waals surface area contributed by atoms with Gasteiger partial charge in [-0.15, -0.1) is 11.3 Å².